The molecule has 1 aliphatic rings. The topological polar surface area (TPSA) is 44.7 Å². The van der Waals surface area contributed by atoms with Crippen molar-refractivity contribution < 1.29 is 23.0 Å². The fourth-order valence-corrected chi connectivity index (χ4v) is 2.66. The number of piperazine rings is 1. The van der Waals surface area contributed by atoms with Crippen LogP contribution >= 0.6 is 36.4 Å². The number of hydrogen-bond donors (Lipinski definition) is 2. The number of aromatic hydroxyl groups is 1. The Kier molecular flexibility index (Phi) is 8.80. The summed E-state index contributed by atoms with van der Waals surface area (Å²) in [6, 6.07) is 0.691. The smallest absolute Gasteiger partial charge is 0.408 e. The van der Waals surface area contributed by atoms with Crippen LogP contribution in [0.5, 0.6) is 11.5 Å². The van der Waals surface area contributed by atoms with Crippen LogP contribution in [-0.2, 0) is 0 Å². The van der Waals surface area contributed by atoms with Gasteiger partial charge in [-0.3, -0.25) is 4.90 Å². The number of halogens is 6. The van der Waals surface area contributed by atoms with Crippen LogP contribution in [0.4, 0.5) is 13.2 Å². The van der Waals surface area contributed by atoms with Crippen LogP contribution in [0.25, 0.3) is 0 Å². The lowest BCUT2D eigenvalue weighted by Crippen LogP contribution is -2.49. The van der Waals surface area contributed by atoms with Gasteiger partial charge < -0.3 is 15.2 Å². The average molecular weight is 398 g/mol. The Hall–Kier alpha value is -0.600. The number of rotatable bonds is 3. The summed E-state index contributed by atoms with van der Waals surface area (Å²) >= 11 is 5.77. The van der Waals surface area contributed by atoms with Crippen molar-refractivity contribution in [2.24, 2.45) is 0 Å². The molecule has 1 aromatic carbocycles. The van der Waals surface area contributed by atoms with E-state index in [4.69, 9.17) is 16.3 Å². The summed E-state index contributed by atoms with van der Waals surface area (Å²) in [6.45, 7) is 1.35. The lowest BCUT2D eigenvalue weighted by atomic mass is 10.0. The lowest BCUT2D eigenvalue weighted by Gasteiger charge is -2.36. The summed E-state index contributed by atoms with van der Waals surface area (Å²) < 4.78 is 45.6. The molecular formula is C13H18Cl3F3N2O2. The van der Waals surface area contributed by atoms with Gasteiger partial charge in [0.2, 0.25) is 0 Å². The first-order chi connectivity index (χ1) is 9.86. The zero-order chi connectivity index (χ0) is 15.6. The molecule has 10 heteroatoms. The van der Waals surface area contributed by atoms with E-state index in [9.17, 15) is 18.3 Å². The largest absolute Gasteiger partial charge is 0.506 e. The van der Waals surface area contributed by atoms with Crippen molar-refractivity contribution in [2.75, 3.05) is 33.3 Å². The number of methoxy groups -OCH3 is 1. The molecule has 0 saturated carbocycles. The minimum atomic E-state index is -4.55. The van der Waals surface area contributed by atoms with Gasteiger partial charge in [0.15, 0.2) is 0 Å². The van der Waals surface area contributed by atoms with Crippen molar-refractivity contribution in [3.05, 3.63) is 22.7 Å². The molecular weight excluding hydrogens is 380 g/mol. The maximum absolute atomic E-state index is 13.5. The fraction of sp³-hybridized carbons (Fsp3) is 0.538. The minimum Gasteiger partial charge on any atom is -0.506 e. The van der Waals surface area contributed by atoms with E-state index in [2.05, 4.69) is 5.32 Å². The van der Waals surface area contributed by atoms with Crippen molar-refractivity contribution in [2.45, 2.75) is 12.2 Å². The van der Waals surface area contributed by atoms with E-state index in [1.807, 2.05) is 0 Å². The molecule has 0 unspecified atom stereocenters. The van der Waals surface area contributed by atoms with Gasteiger partial charge in [0.1, 0.15) is 17.5 Å². The summed E-state index contributed by atoms with van der Waals surface area (Å²) in [7, 11) is 1.26. The normalized spacial score (nSPS) is 16.9. The summed E-state index contributed by atoms with van der Waals surface area (Å²) in [4.78, 5) is 1.27. The molecule has 1 atom stereocenters. The Morgan fingerprint density at radius 2 is 1.83 bits per heavy atom. The Morgan fingerprint density at radius 3 is 2.30 bits per heavy atom. The van der Waals surface area contributed by atoms with Gasteiger partial charge in [-0.25, -0.2) is 0 Å². The van der Waals surface area contributed by atoms with Gasteiger partial charge in [0.25, 0.3) is 0 Å². The Labute approximate surface area is 149 Å². The molecule has 1 fully saturated rings. The maximum Gasteiger partial charge on any atom is 0.408 e. The van der Waals surface area contributed by atoms with Crippen molar-refractivity contribution in [1.82, 2.24) is 10.2 Å². The number of hydrogen-bond acceptors (Lipinski definition) is 4. The van der Waals surface area contributed by atoms with Gasteiger partial charge in [-0.1, -0.05) is 11.6 Å². The van der Waals surface area contributed by atoms with Gasteiger partial charge in [0, 0.05) is 26.2 Å². The van der Waals surface area contributed by atoms with E-state index in [1.54, 1.807) is 0 Å². The third-order valence-corrected chi connectivity index (χ3v) is 3.75. The van der Waals surface area contributed by atoms with Crippen LogP contribution in [-0.4, -0.2) is 49.5 Å². The van der Waals surface area contributed by atoms with Crippen LogP contribution in [0.3, 0.4) is 0 Å². The molecule has 1 aliphatic heterocycles. The molecule has 1 saturated heterocycles. The van der Waals surface area contributed by atoms with Crippen LogP contribution in [0.1, 0.15) is 11.6 Å². The molecule has 0 spiro atoms. The van der Waals surface area contributed by atoms with Crippen molar-refractivity contribution in [1.29, 1.82) is 0 Å². The number of phenolic OH excluding ortho intramolecular Hbond substituents is 1. The highest BCUT2D eigenvalue weighted by Crippen LogP contribution is 2.47. The molecule has 134 valence electrons. The standard InChI is InChI=1S/C13H16ClF3N2O2.2ClH/c1-21-9-3-2-8(14)11(20)10(9)12(13(15,16)17)19-6-4-18-5-7-19;;/h2-3,12,18,20H,4-7H2,1H3;2*1H/t12-;;/m0../s1. The molecule has 1 aromatic rings. The van der Waals surface area contributed by atoms with E-state index >= 15 is 0 Å². The number of ether oxygens (including phenoxy) is 1. The SMILES string of the molecule is COc1ccc(Cl)c(O)c1[C@H](N1CCNCC1)C(F)(F)F.Cl.Cl. The van der Waals surface area contributed by atoms with Crippen molar-refractivity contribution in [3.63, 3.8) is 0 Å². The second kappa shape index (κ2) is 9.03. The number of benzene rings is 1. The van der Waals surface area contributed by atoms with E-state index in [0.29, 0.717) is 13.1 Å². The molecule has 2 N–H and O–H groups in total. The predicted molar refractivity (Wildman–Crippen MR) is 87.4 cm³/mol. The molecule has 4 nitrogen and oxygen atoms in total. The number of alkyl halides is 3. The molecule has 0 radical (unpaired) electrons. The van der Waals surface area contributed by atoms with Crippen LogP contribution in [0, 0.1) is 0 Å². The molecule has 0 aliphatic carbocycles. The van der Waals surface area contributed by atoms with E-state index in [-0.39, 0.29) is 54.2 Å². The zero-order valence-electron chi connectivity index (χ0n) is 12.2. The second-order valence-corrected chi connectivity index (χ2v) is 5.15. The average Bonchev–Trinajstić information content (AvgIpc) is 2.44. The van der Waals surface area contributed by atoms with E-state index < -0.39 is 18.0 Å². The van der Waals surface area contributed by atoms with Gasteiger partial charge >= 0.3 is 6.18 Å². The number of phenols is 1. The Morgan fingerprint density at radius 1 is 1.26 bits per heavy atom. The fourth-order valence-electron chi connectivity index (χ4n) is 2.50. The van der Waals surface area contributed by atoms with Crippen LogP contribution < -0.4 is 10.1 Å². The minimum absolute atomic E-state index is 0. The summed E-state index contributed by atoms with van der Waals surface area (Å²) in [5, 5.41) is 12.9. The maximum atomic E-state index is 13.5. The van der Waals surface area contributed by atoms with Gasteiger partial charge in [-0.05, 0) is 12.1 Å². The molecule has 1 heterocycles. The molecule has 0 bridgehead atoms. The first-order valence-electron chi connectivity index (χ1n) is 6.43. The van der Waals surface area contributed by atoms with Crippen molar-refractivity contribution >= 4 is 36.4 Å². The van der Waals surface area contributed by atoms with E-state index in [1.165, 1.54) is 24.1 Å². The first-order valence-corrected chi connectivity index (χ1v) is 6.81. The molecule has 23 heavy (non-hydrogen) atoms. The number of nitrogens with one attached hydrogen (secondary N) is 1. The van der Waals surface area contributed by atoms with Gasteiger partial charge in [-0.2, -0.15) is 13.2 Å². The zero-order valence-corrected chi connectivity index (χ0v) is 14.6. The third kappa shape index (κ3) is 4.93. The Bertz CT molecular complexity index is 512. The van der Waals surface area contributed by atoms with Crippen molar-refractivity contribution in [3.8, 4) is 11.5 Å². The highest BCUT2D eigenvalue weighted by Gasteiger charge is 2.47. The number of nitrogens with zero attached hydrogens (tertiary/aromatic N) is 1. The Balaban J connectivity index is 0.00000242. The molecule has 0 aromatic heterocycles. The quantitative estimate of drug-likeness (QED) is 0.820. The monoisotopic (exact) mass is 396 g/mol. The first kappa shape index (κ1) is 22.4. The van der Waals surface area contributed by atoms with Gasteiger partial charge in [0.05, 0.1) is 17.7 Å². The van der Waals surface area contributed by atoms with E-state index in [0.717, 1.165) is 0 Å². The highest BCUT2D eigenvalue weighted by atomic mass is 35.5. The summed E-state index contributed by atoms with van der Waals surface area (Å²) in [5.74, 6) is -0.616. The molecule has 2 rings (SSSR count). The summed E-state index contributed by atoms with van der Waals surface area (Å²) in [6.07, 6.45) is -4.55. The second-order valence-electron chi connectivity index (χ2n) is 4.74. The van der Waals surface area contributed by atoms with Crippen LogP contribution in [0.15, 0.2) is 12.1 Å². The van der Waals surface area contributed by atoms with Crippen LogP contribution in [0.2, 0.25) is 5.02 Å². The lowest BCUT2D eigenvalue weighted by molar-refractivity contribution is -0.188. The third-order valence-electron chi connectivity index (χ3n) is 3.45. The summed E-state index contributed by atoms with van der Waals surface area (Å²) in [5.41, 5.74) is -0.334. The molecule has 0 amide bonds. The van der Waals surface area contributed by atoms with Gasteiger partial charge in [-0.15, -0.1) is 24.8 Å². The highest BCUT2D eigenvalue weighted by molar-refractivity contribution is 6.32. The predicted octanol–water partition coefficient (Wildman–Crippen LogP) is 3.41.